The molecule has 0 aliphatic carbocycles. The zero-order valence-electron chi connectivity index (χ0n) is 14.2. The molecular weight excluding hydrogens is 316 g/mol. The third-order valence-electron chi connectivity index (χ3n) is 4.45. The summed E-state index contributed by atoms with van der Waals surface area (Å²) in [4.78, 5) is 22.3. The van der Waals surface area contributed by atoms with Gasteiger partial charge in [-0.25, -0.2) is 5.43 Å². The molecule has 8 heteroatoms. The van der Waals surface area contributed by atoms with Crippen LogP contribution in [0.5, 0.6) is 0 Å². The molecule has 4 rings (SSSR count). The van der Waals surface area contributed by atoms with Crippen LogP contribution in [0.15, 0.2) is 29.6 Å². The van der Waals surface area contributed by atoms with Gasteiger partial charge in [-0.3, -0.25) is 4.98 Å². The number of nitrogens with zero attached hydrogens (tertiary/aromatic N) is 7. The number of pyridine rings is 1. The van der Waals surface area contributed by atoms with E-state index >= 15 is 0 Å². The van der Waals surface area contributed by atoms with Crippen LogP contribution in [0.25, 0.3) is 0 Å². The van der Waals surface area contributed by atoms with Crippen LogP contribution >= 0.6 is 0 Å². The Balaban J connectivity index is 1.55. The van der Waals surface area contributed by atoms with E-state index in [0.29, 0.717) is 5.95 Å². The van der Waals surface area contributed by atoms with Gasteiger partial charge in [-0.15, -0.1) is 0 Å². The Kier molecular flexibility index (Phi) is 4.67. The van der Waals surface area contributed by atoms with Crippen molar-refractivity contribution < 1.29 is 0 Å². The molecule has 0 atom stereocenters. The molecule has 2 aromatic rings. The van der Waals surface area contributed by atoms with Crippen molar-refractivity contribution in [1.29, 1.82) is 0 Å². The second-order valence-electron chi connectivity index (χ2n) is 6.30. The molecule has 0 spiro atoms. The first-order valence-corrected chi connectivity index (χ1v) is 8.83. The summed E-state index contributed by atoms with van der Waals surface area (Å²) < 4.78 is 0. The number of rotatable bonds is 5. The second-order valence-corrected chi connectivity index (χ2v) is 6.30. The molecule has 0 aromatic carbocycles. The zero-order chi connectivity index (χ0) is 16.9. The van der Waals surface area contributed by atoms with E-state index in [-0.39, 0.29) is 0 Å². The molecule has 1 N–H and O–H groups in total. The number of nitrogens with one attached hydrogen (secondary N) is 1. The van der Waals surface area contributed by atoms with E-state index in [9.17, 15) is 0 Å². The molecule has 0 bridgehead atoms. The minimum atomic E-state index is 0.485. The Morgan fingerprint density at radius 3 is 2.12 bits per heavy atom. The Morgan fingerprint density at radius 2 is 1.56 bits per heavy atom. The lowest BCUT2D eigenvalue weighted by Crippen LogP contribution is -2.25. The number of anilines is 3. The van der Waals surface area contributed by atoms with E-state index in [1.165, 1.54) is 25.7 Å². The Morgan fingerprint density at radius 1 is 0.920 bits per heavy atom. The second kappa shape index (κ2) is 7.42. The highest BCUT2D eigenvalue weighted by Crippen LogP contribution is 2.22. The van der Waals surface area contributed by atoms with Gasteiger partial charge in [-0.1, -0.05) is 6.07 Å². The summed E-state index contributed by atoms with van der Waals surface area (Å²) in [6, 6.07) is 3.82. The normalized spacial score (nSPS) is 17.6. The van der Waals surface area contributed by atoms with Crippen molar-refractivity contribution in [3.05, 3.63) is 30.1 Å². The average molecular weight is 338 g/mol. The largest absolute Gasteiger partial charge is 0.341 e. The first-order chi connectivity index (χ1) is 12.4. The molecule has 2 aliphatic rings. The Bertz CT molecular complexity index is 686. The smallest absolute Gasteiger partial charge is 0.250 e. The molecule has 2 fully saturated rings. The predicted molar refractivity (Wildman–Crippen MR) is 98.2 cm³/mol. The fourth-order valence-electron chi connectivity index (χ4n) is 3.14. The summed E-state index contributed by atoms with van der Waals surface area (Å²) in [5.74, 6) is 1.97. The number of hydrogen-bond acceptors (Lipinski definition) is 8. The van der Waals surface area contributed by atoms with Crippen LogP contribution in [0.2, 0.25) is 0 Å². The molecule has 2 aromatic heterocycles. The van der Waals surface area contributed by atoms with Gasteiger partial charge < -0.3 is 9.80 Å². The summed E-state index contributed by atoms with van der Waals surface area (Å²) in [7, 11) is 0. The van der Waals surface area contributed by atoms with Crippen molar-refractivity contribution in [3.8, 4) is 0 Å². The van der Waals surface area contributed by atoms with Crippen molar-refractivity contribution in [2.24, 2.45) is 5.10 Å². The summed E-state index contributed by atoms with van der Waals surface area (Å²) in [6.07, 6.45) is 9.95. The minimum absolute atomic E-state index is 0.485. The first kappa shape index (κ1) is 15.7. The molecular formula is C17H22N8. The van der Waals surface area contributed by atoms with E-state index in [2.05, 4.69) is 35.3 Å². The van der Waals surface area contributed by atoms with Crippen LogP contribution in [0.4, 0.5) is 17.8 Å². The summed E-state index contributed by atoms with van der Waals surface area (Å²) in [5.41, 5.74) is 3.87. The molecule has 0 saturated carbocycles. The zero-order valence-corrected chi connectivity index (χ0v) is 14.2. The maximum Gasteiger partial charge on any atom is 0.250 e. The van der Waals surface area contributed by atoms with Gasteiger partial charge >= 0.3 is 0 Å². The summed E-state index contributed by atoms with van der Waals surface area (Å²) in [5, 5.41) is 4.24. The van der Waals surface area contributed by atoms with Crippen LogP contribution in [0.1, 0.15) is 31.2 Å². The Labute approximate surface area is 147 Å². The van der Waals surface area contributed by atoms with Crippen molar-refractivity contribution in [1.82, 2.24) is 19.9 Å². The highest BCUT2D eigenvalue weighted by Gasteiger charge is 2.21. The van der Waals surface area contributed by atoms with Gasteiger partial charge in [0, 0.05) is 44.1 Å². The van der Waals surface area contributed by atoms with E-state index in [0.717, 1.165) is 43.6 Å². The van der Waals surface area contributed by atoms with E-state index in [1.54, 1.807) is 18.6 Å². The lowest BCUT2D eigenvalue weighted by molar-refractivity contribution is 0.838. The fraction of sp³-hybridized carbons (Fsp3) is 0.471. The quantitative estimate of drug-likeness (QED) is 0.658. The molecule has 25 heavy (non-hydrogen) atoms. The maximum absolute atomic E-state index is 4.69. The average Bonchev–Trinajstić information content (AvgIpc) is 3.36. The minimum Gasteiger partial charge on any atom is -0.341 e. The van der Waals surface area contributed by atoms with E-state index < -0.39 is 0 Å². The monoisotopic (exact) mass is 338 g/mol. The van der Waals surface area contributed by atoms with Crippen LogP contribution in [-0.2, 0) is 0 Å². The van der Waals surface area contributed by atoms with Crippen LogP contribution < -0.4 is 15.2 Å². The van der Waals surface area contributed by atoms with Crippen molar-refractivity contribution >= 4 is 24.1 Å². The van der Waals surface area contributed by atoms with Crippen molar-refractivity contribution in [2.75, 3.05) is 41.4 Å². The molecule has 0 radical (unpaired) electrons. The standard InChI is InChI=1S/C17H22N8/c1-2-9-24(8-1)16-20-15(21-17(22-16)25-10-3-4-11-25)23-19-13-14-6-5-7-18-12-14/h5-7,12-13H,1-4,8-11H2,(H,20,21,22,23). The van der Waals surface area contributed by atoms with Crippen molar-refractivity contribution in [2.45, 2.75) is 25.7 Å². The van der Waals surface area contributed by atoms with Crippen LogP contribution in [-0.4, -0.2) is 52.3 Å². The number of hydrazone groups is 1. The molecule has 0 amide bonds. The molecule has 2 saturated heterocycles. The summed E-state index contributed by atoms with van der Waals surface area (Å²) in [6.45, 7) is 4.01. The molecule has 0 unspecified atom stereocenters. The number of aromatic nitrogens is 4. The maximum atomic E-state index is 4.69. The van der Waals surface area contributed by atoms with Gasteiger partial charge in [-0.2, -0.15) is 20.1 Å². The van der Waals surface area contributed by atoms with Gasteiger partial charge in [0.05, 0.1) is 6.21 Å². The molecule has 2 aliphatic heterocycles. The lowest BCUT2D eigenvalue weighted by Gasteiger charge is -2.20. The molecule has 130 valence electrons. The third-order valence-corrected chi connectivity index (χ3v) is 4.45. The SMILES string of the molecule is C(=NNc1nc(N2CCCC2)nc(N2CCCC2)n1)c1cccnc1. The van der Waals surface area contributed by atoms with Crippen LogP contribution in [0, 0.1) is 0 Å². The summed E-state index contributed by atoms with van der Waals surface area (Å²) >= 11 is 0. The number of hydrogen-bond donors (Lipinski definition) is 1. The molecule has 8 nitrogen and oxygen atoms in total. The highest BCUT2D eigenvalue weighted by molar-refractivity contribution is 5.79. The van der Waals surface area contributed by atoms with Crippen molar-refractivity contribution in [3.63, 3.8) is 0 Å². The predicted octanol–water partition coefficient (Wildman–Crippen LogP) is 1.91. The Hall–Kier alpha value is -2.77. The first-order valence-electron chi connectivity index (χ1n) is 8.83. The fourth-order valence-corrected chi connectivity index (χ4v) is 3.14. The lowest BCUT2D eigenvalue weighted by atomic mass is 10.3. The van der Waals surface area contributed by atoms with Gasteiger partial charge in [0.1, 0.15) is 0 Å². The van der Waals surface area contributed by atoms with Crippen LogP contribution in [0.3, 0.4) is 0 Å². The van der Waals surface area contributed by atoms with Gasteiger partial charge in [0.15, 0.2) is 0 Å². The van der Waals surface area contributed by atoms with Gasteiger partial charge in [0.2, 0.25) is 17.8 Å². The highest BCUT2D eigenvalue weighted by atomic mass is 15.4. The van der Waals surface area contributed by atoms with E-state index in [4.69, 9.17) is 4.98 Å². The third kappa shape index (κ3) is 3.84. The van der Waals surface area contributed by atoms with Gasteiger partial charge in [-0.05, 0) is 31.7 Å². The topological polar surface area (TPSA) is 82.4 Å². The molecule has 4 heterocycles. The van der Waals surface area contributed by atoms with Gasteiger partial charge in [0.25, 0.3) is 0 Å². The van der Waals surface area contributed by atoms with E-state index in [1.807, 2.05) is 12.1 Å².